The molecule has 1 fully saturated rings. The number of aromatic amines is 1. The highest BCUT2D eigenvalue weighted by molar-refractivity contribution is 5.92. The monoisotopic (exact) mass is 250 g/mol. The van der Waals surface area contributed by atoms with Gasteiger partial charge in [0.05, 0.1) is 0 Å². The molecule has 1 aliphatic carbocycles. The predicted molar refractivity (Wildman–Crippen MR) is 70.4 cm³/mol. The second kappa shape index (κ2) is 6.00. The molecule has 0 aromatic carbocycles. The quantitative estimate of drug-likeness (QED) is 0.849. The molecule has 0 unspecified atom stereocenters. The lowest BCUT2D eigenvalue weighted by atomic mass is 9.90. The van der Waals surface area contributed by atoms with Crippen LogP contribution >= 0.6 is 0 Å². The van der Waals surface area contributed by atoms with Crippen LogP contribution in [0.2, 0.25) is 0 Å². The summed E-state index contributed by atoms with van der Waals surface area (Å²) in [6, 6.07) is 2.71. The van der Waals surface area contributed by atoms with E-state index in [1.54, 1.807) is 12.3 Å². The highest BCUT2D eigenvalue weighted by Gasteiger charge is 2.26. The van der Waals surface area contributed by atoms with Crippen molar-refractivity contribution < 1.29 is 4.79 Å². The highest BCUT2D eigenvalue weighted by atomic mass is 16.2. The van der Waals surface area contributed by atoms with Crippen LogP contribution in [-0.2, 0) is 0 Å². The third kappa shape index (κ3) is 2.90. The van der Waals surface area contributed by atoms with Crippen molar-refractivity contribution >= 4 is 5.91 Å². The summed E-state index contributed by atoms with van der Waals surface area (Å²) >= 11 is 0. The van der Waals surface area contributed by atoms with E-state index < -0.39 is 0 Å². The topological polar surface area (TPSA) is 61.0 Å². The van der Waals surface area contributed by atoms with E-state index in [1.807, 2.05) is 11.9 Å². The Bertz CT molecular complexity index is 368. The molecule has 5 heteroatoms. The third-order valence-electron chi connectivity index (χ3n) is 3.79. The van der Waals surface area contributed by atoms with Crippen LogP contribution in [0.4, 0.5) is 0 Å². The van der Waals surface area contributed by atoms with Gasteiger partial charge in [0, 0.05) is 25.3 Å². The average Bonchev–Trinajstić information content (AvgIpc) is 2.92. The van der Waals surface area contributed by atoms with Crippen molar-refractivity contribution in [2.45, 2.75) is 44.7 Å². The number of carbonyl (C=O) groups is 1. The SMILES string of the molecule is CCNC1CCC(N(C)C(=O)c2ccn[nH]2)CC1. The zero-order valence-corrected chi connectivity index (χ0v) is 11.1. The second-order valence-corrected chi connectivity index (χ2v) is 4.95. The van der Waals surface area contributed by atoms with E-state index in [0.717, 1.165) is 32.2 Å². The van der Waals surface area contributed by atoms with Crippen LogP contribution in [0.5, 0.6) is 0 Å². The van der Waals surface area contributed by atoms with Gasteiger partial charge in [0.15, 0.2) is 0 Å². The average molecular weight is 250 g/mol. The van der Waals surface area contributed by atoms with E-state index >= 15 is 0 Å². The summed E-state index contributed by atoms with van der Waals surface area (Å²) in [5, 5.41) is 10.0. The lowest BCUT2D eigenvalue weighted by molar-refractivity contribution is 0.0678. The zero-order chi connectivity index (χ0) is 13.0. The van der Waals surface area contributed by atoms with E-state index in [4.69, 9.17) is 0 Å². The number of aromatic nitrogens is 2. The zero-order valence-electron chi connectivity index (χ0n) is 11.1. The Balaban J connectivity index is 1.87. The van der Waals surface area contributed by atoms with Crippen LogP contribution < -0.4 is 5.32 Å². The highest BCUT2D eigenvalue weighted by Crippen LogP contribution is 2.23. The molecule has 0 saturated heterocycles. The Kier molecular flexibility index (Phi) is 4.36. The minimum Gasteiger partial charge on any atom is -0.337 e. The smallest absolute Gasteiger partial charge is 0.271 e. The molecule has 1 heterocycles. The summed E-state index contributed by atoms with van der Waals surface area (Å²) < 4.78 is 0. The molecule has 0 spiro atoms. The molecule has 5 nitrogen and oxygen atoms in total. The minimum atomic E-state index is 0.0411. The maximum absolute atomic E-state index is 12.2. The molecule has 1 aromatic rings. The van der Waals surface area contributed by atoms with Gasteiger partial charge in [0.1, 0.15) is 5.69 Å². The fraction of sp³-hybridized carbons (Fsp3) is 0.692. The first kappa shape index (κ1) is 13.1. The number of nitrogens with zero attached hydrogens (tertiary/aromatic N) is 2. The van der Waals surface area contributed by atoms with Gasteiger partial charge in [0.2, 0.25) is 0 Å². The standard InChI is InChI=1S/C13H22N4O/c1-3-14-10-4-6-11(7-5-10)17(2)13(18)12-8-9-15-16-12/h8-11,14H,3-7H2,1-2H3,(H,15,16). The Morgan fingerprint density at radius 3 is 2.78 bits per heavy atom. The van der Waals surface area contributed by atoms with Gasteiger partial charge in [-0.3, -0.25) is 9.89 Å². The molecule has 0 atom stereocenters. The van der Waals surface area contributed by atoms with Gasteiger partial charge in [0.25, 0.3) is 5.91 Å². The summed E-state index contributed by atoms with van der Waals surface area (Å²) in [6.07, 6.45) is 6.07. The molecule has 2 rings (SSSR count). The van der Waals surface area contributed by atoms with Gasteiger partial charge in [-0.2, -0.15) is 5.10 Å². The summed E-state index contributed by atoms with van der Waals surface area (Å²) in [6.45, 7) is 3.16. The molecule has 1 aromatic heterocycles. The second-order valence-electron chi connectivity index (χ2n) is 4.95. The molecule has 1 aliphatic rings. The van der Waals surface area contributed by atoms with Crippen LogP contribution in [0, 0.1) is 0 Å². The summed E-state index contributed by atoms with van der Waals surface area (Å²) in [7, 11) is 1.89. The number of rotatable bonds is 4. The molecule has 1 amide bonds. The largest absolute Gasteiger partial charge is 0.337 e. The maximum Gasteiger partial charge on any atom is 0.271 e. The fourth-order valence-corrected chi connectivity index (χ4v) is 2.69. The molecule has 1 saturated carbocycles. The maximum atomic E-state index is 12.2. The molecule has 100 valence electrons. The molecule has 0 aliphatic heterocycles. The van der Waals surface area contributed by atoms with Gasteiger partial charge < -0.3 is 10.2 Å². The Morgan fingerprint density at radius 1 is 1.50 bits per heavy atom. The summed E-state index contributed by atoms with van der Waals surface area (Å²) in [5.74, 6) is 0.0411. The van der Waals surface area contributed by atoms with Crippen LogP contribution in [0.25, 0.3) is 0 Å². The molecule has 2 N–H and O–H groups in total. The summed E-state index contributed by atoms with van der Waals surface area (Å²) in [5.41, 5.74) is 0.575. The number of nitrogens with one attached hydrogen (secondary N) is 2. The van der Waals surface area contributed by atoms with Gasteiger partial charge in [-0.1, -0.05) is 6.92 Å². The van der Waals surface area contributed by atoms with Crippen LogP contribution in [0.3, 0.4) is 0 Å². The molecular weight excluding hydrogens is 228 g/mol. The Morgan fingerprint density at radius 2 is 2.22 bits per heavy atom. The van der Waals surface area contributed by atoms with E-state index in [2.05, 4.69) is 22.4 Å². The Hall–Kier alpha value is -1.36. The van der Waals surface area contributed by atoms with Gasteiger partial charge >= 0.3 is 0 Å². The number of amides is 1. The fourth-order valence-electron chi connectivity index (χ4n) is 2.69. The van der Waals surface area contributed by atoms with E-state index in [0.29, 0.717) is 17.8 Å². The molecule has 18 heavy (non-hydrogen) atoms. The third-order valence-corrected chi connectivity index (χ3v) is 3.79. The predicted octanol–water partition coefficient (Wildman–Crippen LogP) is 1.40. The van der Waals surface area contributed by atoms with Crippen molar-refractivity contribution in [1.29, 1.82) is 0 Å². The first-order valence-electron chi connectivity index (χ1n) is 6.72. The van der Waals surface area contributed by atoms with E-state index in [1.165, 1.54) is 0 Å². The van der Waals surface area contributed by atoms with E-state index in [-0.39, 0.29) is 5.91 Å². The lowest BCUT2D eigenvalue weighted by Gasteiger charge is -2.34. The first-order valence-corrected chi connectivity index (χ1v) is 6.72. The van der Waals surface area contributed by atoms with Crippen molar-refractivity contribution in [2.24, 2.45) is 0 Å². The molecule has 0 radical (unpaired) electrons. The number of carbonyl (C=O) groups excluding carboxylic acids is 1. The first-order chi connectivity index (χ1) is 8.72. The number of hydrogen-bond acceptors (Lipinski definition) is 3. The van der Waals surface area contributed by atoms with Crippen molar-refractivity contribution in [1.82, 2.24) is 20.4 Å². The minimum absolute atomic E-state index is 0.0411. The van der Waals surface area contributed by atoms with Gasteiger partial charge in [-0.15, -0.1) is 0 Å². The molecule has 0 bridgehead atoms. The normalized spacial score (nSPS) is 23.9. The van der Waals surface area contributed by atoms with Gasteiger partial charge in [-0.05, 0) is 38.3 Å². The summed E-state index contributed by atoms with van der Waals surface area (Å²) in [4.78, 5) is 14.0. The van der Waals surface area contributed by atoms with Gasteiger partial charge in [-0.25, -0.2) is 0 Å². The van der Waals surface area contributed by atoms with Crippen molar-refractivity contribution in [3.05, 3.63) is 18.0 Å². The lowest BCUT2D eigenvalue weighted by Crippen LogP contribution is -2.43. The van der Waals surface area contributed by atoms with Crippen LogP contribution in [0.15, 0.2) is 12.3 Å². The van der Waals surface area contributed by atoms with Crippen molar-refractivity contribution in [3.8, 4) is 0 Å². The van der Waals surface area contributed by atoms with Crippen molar-refractivity contribution in [2.75, 3.05) is 13.6 Å². The van der Waals surface area contributed by atoms with E-state index in [9.17, 15) is 4.79 Å². The van der Waals surface area contributed by atoms with Crippen LogP contribution in [-0.4, -0.2) is 46.7 Å². The van der Waals surface area contributed by atoms with Crippen molar-refractivity contribution in [3.63, 3.8) is 0 Å². The Labute approximate surface area is 108 Å². The molecular formula is C13H22N4O. The van der Waals surface area contributed by atoms with Crippen LogP contribution in [0.1, 0.15) is 43.1 Å². The number of hydrogen-bond donors (Lipinski definition) is 2. The number of H-pyrrole nitrogens is 1.